The third-order valence-corrected chi connectivity index (χ3v) is 3.03. The highest BCUT2D eigenvalue weighted by molar-refractivity contribution is 7.11. The lowest BCUT2D eigenvalue weighted by Gasteiger charge is -2.18. The fourth-order valence-corrected chi connectivity index (χ4v) is 1.96. The van der Waals surface area contributed by atoms with Crippen molar-refractivity contribution in [2.75, 3.05) is 0 Å². The molecule has 0 saturated heterocycles. The molecule has 1 aromatic heterocycles. The minimum absolute atomic E-state index is 1.03. The third-order valence-electron chi connectivity index (χ3n) is 2.12. The van der Waals surface area contributed by atoms with E-state index in [9.17, 15) is 0 Å². The molecule has 2 heteroatoms. The minimum Gasteiger partial charge on any atom is -0.398 e. The fraction of sp³-hybridized carbons (Fsp3) is 0.333. The Bertz CT molecular complexity index is 266. The van der Waals surface area contributed by atoms with Crippen LogP contribution in [0.5, 0.6) is 0 Å². The largest absolute Gasteiger partial charge is 0.398 e. The molecule has 2 N–H and O–H groups in total. The van der Waals surface area contributed by atoms with E-state index in [1.807, 2.05) is 6.07 Å². The van der Waals surface area contributed by atoms with Crippen LogP contribution in [-0.2, 0) is 0 Å². The Kier molecular flexibility index (Phi) is 1.70. The maximum absolute atomic E-state index is 5.93. The van der Waals surface area contributed by atoms with Crippen molar-refractivity contribution in [2.24, 2.45) is 5.73 Å². The maximum Gasteiger partial charge on any atom is 0.0499 e. The standard InChI is InChI=1S/C9H11NS/c10-9(7-3-1-4-7)8-5-2-6-11-8/h2,5-6H,1,3-4,10H2. The Morgan fingerprint density at radius 3 is 2.73 bits per heavy atom. The molecular weight excluding hydrogens is 154 g/mol. The second-order valence-corrected chi connectivity index (χ2v) is 3.80. The molecule has 1 aromatic rings. The predicted octanol–water partition coefficient (Wildman–Crippen LogP) is 2.60. The fourth-order valence-electron chi connectivity index (χ4n) is 1.23. The van der Waals surface area contributed by atoms with Crippen LogP contribution < -0.4 is 5.73 Å². The summed E-state index contributed by atoms with van der Waals surface area (Å²) in [7, 11) is 0. The topological polar surface area (TPSA) is 26.0 Å². The van der Waals surface area contributed by atoms with Gasteiger partial charge in [0.25, 0.3) is 0 Å². The quantitative estimate of drug-likeness (QED) is 0.680. The molecule has 1 nitrogen and oxygen atoms in total. The number of thiophene rings is 1. The number of allylic oxidation sites excluding steroid dienone is 1. The molecular formula is C9H11NS. The van der Waals surface area contributed by atoms with Crippen LogP contribution in [0.2, 0.25) is 0 Å². The van der Waals surface area contributed by atoms with Gasteiger partial charge in [-0.3, -0.25) is 0 Å². The van der Waals surface area contributed by atoms with Crippen LogP contribution in [-0.4, -0.2) is 0 Å². The van der Waals surface area contributed by atoms with Gasteiger partial charge in [0, 0.05) is 10.6 Å². The molecule has 1 aliphatic rings. The first kappa shape index (κ1) is 6.92. The molecule has 58 valence electrons. The lowest BCUT2D eigenvalue weighted by Crippen LogP contribution is -2.06. The van der Waals surface area contributed by atoms with Crippen molar-refractivity contribution in [3.05, 3.63) is 28.0 Å². The zero-order valence-electron chi connectivity index (χ0n) is 6.34. The van der Waals surface area contributed by atoms with E-state index >= 15 is 0 Å². The Labute approximate surface area is 70.5 Å². The number of hydrogen-bond donors (Lipinski definition) is 1. The monoisotopic (exact) mass is 165 g/mol. The van der Waals surface area contributed by atoms with Crippen molar-refractivity contribution in [1.29, 1.82) is 0 Å². The van der Waals surface area contributed by atoms with Crippen molar-refractivity contribution in [1.82, 2.24) is 0 Å². The van der Waals surface area contributed by atoms with Gasteiger partial charge in [-0.1, -0.05) is 6.07 Å². The first-order chi connectivity index (χ1) is 5.38. The molecule has 0 spiro atoms. The first-order valence-electron chi connectivity index (χ1n) is 3.89. The molecule has 0 unspecified atom stereocenters. The van der Waals surface area contributed by atoms with Crippen LogP contribution in [0.1, 0.15) is 24.1 Å². The lowest BCUT2D eigenvalue weighted by atomic mass is 9.90. The van der Waals surface area contributed by atoms with Crippen molar-refractivity contribution in [3.63, 3.8) is 0 Å². The van der Waals surface area contributed by atoms with Gasteiger partial charge >= 0.3 is 0 Å². The van der Waals surface area contributed by atoms with E-state index in [1.54, 1.807) is 11.3 Å². The summed E-state index contributed by atoms with van der Waals surface area (Å²) in [5.41, 5.74) is 8.42. The molecule has 0 radical (unpaired) electrons. The molecule has 1 aliphatic carbocycles. The number of rotatable bonds is 1. The van der Waals surface area contributed by atoms with E-state index in [0.29, 0.717) is 0 Å². The Morgan fingerprint density at radius 1 is 1.45 bits per heavy atom. The van der Waals surface area contributed by atoms with Crippen LogP contribution in [0.15, 0.2) is 23.1 Å². The molecule has 0 bridgehead atoms. The molecule has 11 heavy (non-hydrogen) atoms. The van der Waals surface area contributed by atoms with Crippen molar-refractivity contribution < 1.29 is 0 Å². The summed E-state index contributed by atoms with van der Waals surface area (Å²) in [6.45, 7) is 0. The summed E-state index contributed by atoms with van der Waals surface area (Å²) < 4.78 is 0. The Balaban J connectivity index is 2.29. The highest BCUT2D eigenvalue weighted by Crippen LogP contribution is 2.32. The van der Waals surface area contributed by atoms with Crippen LogP contribution in [0.25, 0.3) is 5.70 Å². The SMILES string of the molecule is NC(=C1CCC1)c1cccs1. The summed E-state index contributed by atoms with van der Waals surface area (Å²) in [4.78, 5) is 1.24. The molecule has 2 rings (SSSR count). The molecule has 1 saturated carbocycles. The highest BCUT2D eigenvalue weighted by Gasteiger charge is 2.13. The van der Waals surface area contributed by atoms with Crippen LogP contribution in [0.4, 0.5) is 0 Å². The van der Waals surface area contributed by atoms with Crippen molar-refractivity contribution in [2.45, 2.75) is 19.3 Å². The summed E-state index contributed by atoms with van der Waals surface area (Å²) in [5, 5.41) is 2.07. The van der Waals surface area contributed by atoms with Crippen molar-refractivity contribution in [3.8, 4) is 0 Å². The van der Waals surface area contributed by atoms with E-state index in [1.165, 1.54) is 29.7 Å². The third kappa shape index (κ3) is 1.18. The second kappa shape index (κ2) is 2.70. The zero-order valence-corrected chi connectivity index (χ0v) is 7.16. The van der Waals surface area contributed by atoms with Crippen LogP contribution >= 0.6 is 11.3 Å². The van der Waals surface area contributed by atoms with E-state index in [2.05, 4.69) is 11.4 Å². The molecule has 0 atom stereocenters. The summed E-state index contributed by atoms with van der Waals surface area (Å²) in [6, 6.07) is 4.14. The summed E-state index contributed by atoms with van der Waals surface area (Å²) >= 11 is 1.73. The Hall–Kier alpha value is -0.760. The van der Waals surface area contributed by atoms with Gasteiger partial charge in [-0.05, 0) is 36.3 Å². The molecule has 1 heterocycles. The first-order valence-corrected chi connectivity index (χ1v) is 4.77. The molecule has 0 aliphatic heterocycles. The van der Waals surface area contributed by atoms with Gasteiger partial charge in [-0.25, -0.2) is 0 Å². The van der Waals surface area contributed by atoms with E-state index < -0.39 is 0 Å². The second-order valence-electron chi connectivity index (χ2n) is 2.85. The predicted molar refractivity (Wildman–Crippen MR) is 49.3 cm³/mol. The maximum atomic E-state index is 5.93. The average molecular weight is 165 g/mol. The molecule has 1 fully saturated rings. The smallest absolute Gasteiger partial charge is 0.0499 e. The molecule has 0 amide bonds. The summed E-state index contributed by atoms with van der Waals surface area (Å²) in [6.07, 6.45) is 3.74. The van der Waals surface area contributed by atoms with Gasteiger partial charge in [0.15, 0.2) is 0 Å². The number of nitrogens with two attached hydrogens (primary N) is 1. The van der Waals surface area contributed by atoms with Gasteiger partial charge < -0.3 is 5.73 Å². The van der Waals surface area contributed by atoms with E-state index in [-0.39, 0.29) is 0 Å². The van der Waals surface area contributed by atoms with E-state index in [4.69, 9.17) is 5.73 Å². The average Bonchev–Trinajstić information content (AvgIpc) is 2.32. The lowest BCUT2D eigenvalue weighted by molar-refractivity contribution is 0.664. The van der Waals surface area contributed by atoms with Gasteiger partial charge in [0.1, 0.15) is 0 Å². The van der Waals surface area contributed by atoms with Gasteiger partial charge in [-0.2, -0.15) is 0 Å². The normalized spacial score (nSPS) is 16.2. The van der Waals surface area contributed by atoms with Crippen LogP contribution in [0.3, 0.4) is 0 Å². The van der Waals surface area contributed by atoms with E-state index in [0.717, 1.165) is 5.70 Å². The summed E-state index contributed by atoms with van der Waals surface area (Å²) in [5.74, 6) is 0. The van der Waals surface area contributed by atoms with Crippen LogP contribution in [0, 0.1) is 0 Å². The zero-order chi connectivity index (χ0) is 7.68. The highest BCUT2D eigenvalue weighted by atomic mass is 32.1. The van der Waals surface area contributed by atoms with Gasteiger partial charge in [-0.15, -0.1) is 11.3 Å². The number of hydrogen-bond acceptors (Lipinski definition) is 2. The van der Waals surface area contributed by atoms with Gasteiger partial charge in [0.05, 0.1) is 0 Å². The van der Waals surface area contributed by atoms with Gasteiger partial charge in [0.2, 0.25) is 0 Å². The van der Waals surface area contributed by atoms with Crippen molar-refractivity contribution >= 4 is 17.0 Å². The minimum atomic E-state index is 1.03. The Morgan fingerprint density at radius 2 is 2.27 bits per heavy atom. The molecule has 0 aromatic carbocycles.